The largest absolute Gasteiger partial charge is 0.495 e. The smallest absolute Gasteiger partial charge is 0.258 e. The standard InChI is InChI=1S/C19H17ClN4O3/c1-26-16-8-7-13(9-14(16)20)23-19-21-10-12(11-22-19)18(25)24-15-5-3-4-6-17(15)27-2/h3-11H,1-2H3,(H,24,25)(H,21,22,23). The number of rotatable bonds is 6. The van der Waals surface area contributed by atoms with Crippen LogP contribution in [0.1, 0.15) is 10.4 Å². The molecule has 7 nitrogen and oxygen atoms in total. The quantitative estimate of drug-likeness (QED) is 0.664. The van der Waals surface area contributed by atoms with Gasteiger partial charge < -0.3 is 20.1 Å². The van der Waals surface area contributed by atoms with Crippen molar-refractivity contribution >= 4 is 34.8 Å². The highest BCUT2D eigenvalue weighted by Crippen LogP contribution is 2.28. The maximum Gasteiger partial charge on any atom is 0.258 e. The second-order valence-electron chi connectivity index (χ2n) is 5.42. The number of methoxy groups -OCH3 is 2. The summed E-state index contributed by atoms with van der Waals surface area (Å²) in [7, 11) is 3.09. The van der Waals surface area contributed by atoms with Crippen LogP contribution in [0.15, 0.2) is 54.9 Å². The normalized spacial score (nSPS) is 10.2. The summed E-state index contributed by atoms with van der Waals surface area (Å²) in [5, 5.41) is 6.26. The fourth-order valence-electron chi connectivity index (χ4n) is 2.33. The van der Waals surface area contributed by atoms with Crippen LogP contribution in [-0.4, -0.2) is 30.1 Å². The van der Waals surface area contributed by atoms with Gasteiger partial charge in [0.05, 0.1) is 30.5 Å². The van der Waals surface area contributed by atoms with E-state index in [4.69, 9.17) is 21.1 Å². The van der Waals surface area contributed by atoms with Crippen molar-refractivity contribution in [3.63, 3.8) is 0 Å². The highest BCUT2D eigenvalue weighted by molar-refractivity contribution is 6.32. The Balaban J connectivity index is 1.69. The van der Waals surface area contributed by atoms with E-state index in [-0.39, 0.29) is 5.91 Å². The fourth-order valence-corrected chi connectivity index (χ4v) is 2.58. The number of aromatic nitrogens is 2. The SMILES string of the molecule is COc1ccc(Nc2ncc(C(=O)Nc3ccccc3OC)cn2)cc1Cl. The summed E-state index contributed by atoms with van der Waals surface area (Å²) in [5.41, 5.74) is 1.59. The van der Waals surface area contributed by atoms with Gasteiger partial charge in [-0.2, -0.15) is 0 Å². The first kappa shape index (κ1) is 18.5. The van der Waals surface area contributed by atoms with Crippen molar-refractivity contribution < 1.29 is 14.3 Å². The lowest BCUT2D eigenvalue weighted by Crippen LogP contribution is -2.13. The lowest BCUT2D eigenvalue weighted by molar-refractivity contribution is 0.102. The molecule has 0 radical (unpaired) electrons. The first-order chi connectivity index (χ1) is 13.1. The molecule has 1 amide bonds. The third kappa shape index (κ3) is 4.45. The number of carbonyl (C=O) groups excluding carboxylic acids is 1. The Morgan fingerprint density at radius 1 is 1.00 bits per heavy atom. The first-order valence-electron chi connectivity index (χ1n) is 7.97. The first-order valence-corrected chi connectivity index (χ1v) is 8.35. The molecular formula is C19H17ClN4O3. The van der Waals surface area contributed by atoms with E-state index in [1.807, 2.05) is 12.1 Å². The molecule has 0 aliphatic carbocycles. The topological polar surface area (TPSA) is 85.4 Å². The average molecular weight is 385 g/mol. The van der Waals surface area contributed by atoms with E-state index < -0.39 is 0 Å². The molecule has 1 heterocycles. The Kier molecular flexibility index (Phi) is 5.73. The number of hydrogen-bond acceptors (Lipinski definition) is 6. The summed E-state index contributed by atoms with van der Waals surface area (Å²) < 4.78 is 10.3. The molecule has 0 atom stereocenters. The Bertz CT molecular complexity index is 948. The van der Waals surface area contributed by atoms with Gasteiger partial charge in [-0.3, -0.25) is 4.79 Å². The summed E-state index contributed by atoms with van der Waals surface area (Å²) in [6.07, 6.45) is 2.87. The summed E-state index contributed by atoms with van der Waals surface area (Å²) in [5.74, 6) is 1.15. The second kappa shape index (κ2) is 8.37. The molecule has 1 aromatic heterocycles. The molecule has 8 heteroatoms. The minimum absolute atomic E-state index is 0.319. The number of benzene rings is 2. The van der Waals surface area contributed by atoms with E-state index in [9.17, 15) is 4.79 Å². The number of halogens is 1. The van der Waals surface area contributed by atoms with Crippen molar-refractivity contribution in [3.8, 4) is 11.5 Å². The molecule has 2 aromatic carbocycles. The maximum absolute atomic E-state index is 12.4. The van der Waals surface area contributed by atoms with Gasteiger partial charge in [0.1, 0.15) is 11.5 Å². The van der Waals surface area contributed by atoms with Crippen LogP contribution < -0.4 is 20.1 Å². The number of nitrogens with one attached hydrogen (secondary N) is 2. The molecule has 0 aliphatic rings. The van der Waals surface area contributed by atoms with Crippen molar-refractivity contribution in [2.24, 2.45) is 0 Å². The minimum Gasteiger partial charge on any atom is -0.495 e. The number of carbonyl (C=O) groups is 1. The van der Waals surface area contributed by atoms with Crippen LogP contribution >= 0.6 is 11.6 Å². The summed E-state index contributed by atoms with van der Waals surface area (Å²) in [4.78, 5) is 20.7. The monoisotopic (exact) mass is 384 g/mol. The zero-order chi connectivity index (χ0) is 19.2. The number of hydrogen-bond donors (Lipinski definition) is 2. The zero-order valence-corrected chi connectivity index (χ0v) is 15.4. The maximum atomic E-state index is 12.4. The van der Waals surface area contributed by atoms with Gasteiger partial charge in [-0.1, -0.05) is 23.7 Å². The molecule has 0 saturated carbocycles. The molecule has 0 bridgehead atoms. The van der Waals surface area contributed by atoms with Gasteiger partial charge in [-0.05, 0) is 30.3 Å². The summed E-state index contributed by atoms with van der Waals surface area (Å²) in [6, 6.07) is 12.4. The van der Waals surface area contributed by atoms with E-state index >= 15 is 0 Å². The highest BCUT2D eigenvalue weighted by Gasteiger charge is 2.11. The summed E-state index contributed by atoms with van der Waals surface area (Å²) >= 11 is 6.10. The molecular weight excluding hydrogens is 368 g/mol. The predicted molar refractivity (Wildman–Crippen MR) is 104 cm³/mol. The second-order valence-corrected chi connectivity index (χ2v) is 5.83. The van der Waals surface area contributed by atoms with Gasteiger partial charge in [0.15, 0.2) is 0 Å². The number of anilines is 3. The number of ether oxygens (including phenoxy) is 2. The van der Waals surface area contributed by atoms with Gasteiger partial charge >= 0.3 is 0 Å². The van der Waals surface area contributed by atoms with Gasteiger partial charge in [0.2, 0.25) is 5.95 Å². The lowest BCUT2D eigenvalue weighted by Gasteiger charge is -2.10. The molecule has 0 aliphatic heterocycles. The van der Waals surface area contributed by atoms with E-state index in [1.54, 1.807) is 44.6 Å². The molecule has 138 valence electrons. The van der Waals surface area contributed by atoms with E-state index in [0.717, 1.165) is 0 Å². The van der Waals surface area contributed by atoms with Crippen molar-refractivity contribution in [2.75, 3.05) is 24.9 Å². The third-order valence-corrected chi connectivity index (χ3v) is 3.97. The molecule has 0 spiro atoms. The molecule has 2 N–H and O–H groups in total. The van der Waals surface area contributed by atoms with Crippen molar-refractivity contribution in [1.29, 1.82) is 0 Å². The molecule has 3 rings (SSSR count). The average Bonchev–Trinajstić information content (AvgIpc) is 2.69. The number of nitrogens with zero attached hydrogens (tertiary/aromatic N) is 2. The van der Waals surface area contributed by atoms with Crippen molar-refractivity contribution in [3.05, 3.63) is 65.4 Å². The lowest BCUT2D eigenvalue weighted by atomic mass is 10.2. The molecule has 27 heavy (non-hydrogen) atoms. The Morgan fingerprint density at radius 3 is 2.37 bits per heavy atom. The van der Waals surface area contributed by atoms with Gasteiger partial charge in [0, 0.05) is 18.1 Å². The van der Waals surface area contributed by atoms with Crippen LogP contribution in [0.3, 0.4) is 0 Å². The van der Waals surface area contributed by atoms with Crippen molar-refractivity contribution in [1.82, 2.24) is 9.97 Å². The Morgan fingerprint density at radius 2 is 1.70 bits per heavy atom. The minimum atomic E-state index is -0.335. The fraction of sp³-hybridized carbons (Fsp3) is 0.105. The van der Waals surface area contributed by atoms with Crippen LogP contribution in [0.5, 0.6) is 11.5 Å². The number of amides is 1. The van der Waals surface area contributed by atoms with Crippen LogP contribution in [0.4, 0.5) is 17.3 Å². The summed E-state index contributed by atoms with van der Waals surface area (Å²) in [6.45, 7) is 0. The van der Waals surface area contributed by atoms with E-state index in [0.29, 0.717) is 39.4 Å². The van der Waals surface area contributed by atoms with Crippen LogP contribution in [-0.2, 0) is 0 Å². The molecule has 0 fully saturated rings. The van der Waals surface area contributed by atoms with Crippen molar-refractivity contribution in [2.45, 2.75) is 0 Å². The van der Waals surface area contributed by atoms with Crippen LogP contribution in [0.2, 0.25) is 5.02 Å². The third-order valence-electron chi connectivity index (χ3n) is 3.68. The van der Waals surface area contributed by atoms with E-state index in [1.165, 1.54) is 12.4 Å². The molecule has 0 unspecified atom stereocenters. The zero-order valence-electron chi connectivity index (χ0n) is 14.7. The Hall–Kier alpha value is -3.32. The van der Waals surface area contributed by atoms with Gasteiger partial charge in [-0.25, -0.2) is 9.97 Å². The molecule has 3 aromatic rings. The van der Waals surface area contributed by atoms with Gasteiger partial charge in [0.25, 0.3) is 5.91 Å². The predicted octanol–water partition coefficient (Wildman–Crippen LogP) is 4.14. The molecule has 0 saturated heterocycles. The van der Waals surface area contributed by atoms with Gasteiger partial charge in [-0.15, -0.1) is 0 Å². The van der Waals surface area contributed by atoms with Crippen LogP contribution in [0.25, 0.3) is 0 Å². The highest BCUT2D eigenvalue weighted by atomic mass is 35.5. The Labute approximate surface area is 161 Å². The van der Waals surface area contributed by atoms with E-state index in [2.05, 4.69) is 20.6 Å². The number of para-hydroxylation sites is 2. The van der Waals surface area contributed by atoms with Crippen LogP contribution in [0, 0.1) is 0 Å².